The third kappa shape index (κ3) is 5.95. The van der Waals surface area contributed by atoms with Crippen molar-refractivity contribution in [3.05, 3.63) is 71.8 Å². The first-order chi connectivity index (χ1) is 10.4. The minimum atomic E-state index is 0.414. The minimum Gasteiger partial charge on any atom is -0.298 e. The van der Waals surface area contributed by atoms with Crippen molar-refractivity contribution in [2.24, 2.45) is 4.99 Å². The van der Waals surface area contributed by atoms with Gasteiger partial charge in [0.1, 0.15) is 0 Å². The number of hydrogen-bond acceptors (Lipinski definition) is 1. The number of aliphatic imine (C=N–C) groups is 1. The van der Waals surface area contributed by atoms with Crippen LogP contribution in [-0.4, -0.2) is 12.8 Å². The molecule has 0 aliphatic rings. The van der Waals surface area contributed by atoms with E-state index in [1.54, 1.807) is 0 Å². The van der Waals surface area contributed by atoms with Crippen molar-refractivity contribution < 1.29 is 0 Å². The van der Waals surface area contributed by atoms with Crippen molar-refractivity contribution in [2.45, 2.75) is 44.6 Å². The van der Waals surface area contributed by atoms with Gasteiger partial charge in [-0.15, -0.1) is 0 Å². The summed E-state index contributed by atoms with van der Waals surface area (Å²) in [6, 6.07) is 21.8. The van der Waals surface area contributed by atoms with Crippen LogP contribution in [0.4, 0.5) is 0 Å². The molecule has 0 aromatic heterocycles. The molecule has 2 aromatic carbocycles. The third-order valence-electron chi connectivity index (χ3n) is 3.95. The smallest absolute Gasteiger partial charge is 0.0492 e. The Morgan fingerprint density at radius 1 is 0.714 bits per heavy atom. The molecule has 0 saturated heterocycles. The maximum Gasteiger partial charge on any atom is 0.0492 e. The topological polar surface area (TPSA) is 12.4 Å². The van der Waals surface area contributed by atoms with Crippen LogP contribution in [0.2, 0.25) is 0 Å². The fourth-order valence-electron chi connectivity index (χ4n) is 2.70. The van der Waals surface area contributed by atoms with Crippen LogP contribution in [-0.2, 0) is 12.8 Å². The Kier molecular flexibility index (Phi) is 6.73. The summed E-state index contributed by atoms with van der Waals surface area (Å²) in [5.41, 5.74) is 2.84. The number of nitrogens with zero attached hydrogens (tertiary/aromatic N) is 1. The molecule has 21 heavy (non-hydrogen) atoms. The van der Waals surface area contributed by atoms with E-state index in [9.17, 15) is 0 Å². The van der Waals surface area contributed by atoms with Gasteiger partial charge in [-0.25, -0.2) is 0 Å². The van der Waals surface area contributed by atoms with Crippen molar-refractivity contribution in [1.29, 1.82) is 0 Å². The van der Waals surface area contributed by atoms with Gasteiger partial charge in [0.2, 0.25) is 0 Å². The molecule has 2 aromatic rings. The lowest BCUT2D eigenvalue weighted by Gasteiger charge is -2.11. The fourth-order valence-corrected chi connectivity index (χ4v) is 2.70. The first-order valence-electron chi connectivity index (χ1n) is 7.92. The van der Waals surface area contributed by atoms with E-state index in [4.69, 9.17) is 0 Å². The summed E-state index contributed by atoms with van der Waals surface area (Å²) in [4.78, 5) is 4.30. The number of benzene rings is 2. The summed E-state index contributed by atoms with van der Waals surface area (Å²) in [5, 5.41) is 0. The van der Waals surface area contributed by atoms with Crippen LogP contribution < -0.4 is 0 Å². The van der Waals surface area contributed by atoms with Crippen LogP contribution in [0.3, 0.4) is 0 Å². The predicted octanol–water partition coefficient (Wildman–Crippen LogP) is 5.10. The van der Waals surface area contributed by atoms with Gasteiger partial charge in [-0.05, 0) is 56.4 Å². The molecule has 0 spiro atoms. The second kappa shape index (κ2) is 9.12. The zero-order valence-corrected chi connectivity index (χ0v) is 12.7. The van der Waals surface area contributed by atoms with Gasteiger partial charge in [-0.3, -0.25) is 4.99 Å². The highest BCUT2D eigenvalue weighted by atomic mass is 14.7. The van der Waals surface area contributed by atoms with Crippen molar-refractivity contribution in [3.63, 3.8) is 0 Å². The standard InChI is InChI=1S/C20H25N/c1-21-20(16-8-14-18-10-4-2-5-11-18)17-9-15-19-12-6-3-7-13-19/h2-7,10-13,20H,1,8-9,14-17H2. The second-order valence-corrected chi connectivity index (χ2v) is 5.59. The highest BCUT2D eigenvalue weighted by Crippen LogP contribution is 2.14. The van der Waals surface area contributed by atoms with Crippen molar-refractivity contribution in [1.82, 2.24) is 0 Å². The van der Waals surface area contributed by atoms with Gasteiger partial charge in [-0.1, -0.05) is 60.7 Å². The summed E-state index contributed by atoms with van der Waals surface area (Å²) < 4.78 is 0. The van der Waals surface area contributed by atoms with E-state index in [1.807, 2.05) is 0 Å². The molecule has 0 aliphatic heterocycles. The summed E-state index contributed by atoms with van der Waals surface area (Å²) in [6.45, 7) is 3.76. The van der Waals surface area contributed by atoms with Crippen LogP contribution in [0, 0.1) is 0 Å². The van der Waals surface area contributed by atoms with Crippen LogP contribution in [0.5, 0.6) is 0 Å². The van der Waals surface area contributed by atoms with Gasteiger partial charge in [0.05, 0.1) is 0 Å². The van der Waals surface area contributed by atoms with Crippen molar-refractivity contribution in [2.75, 3.05) is 0 Å². The molecule has 110 valence electrons. The summed E-state index contributed by atoms with van der Waals surface area (Å²) >= 11 is 0. The lowest BCUT2D eigenvalue weighted by Crippen LogP contribution is -2.05. The fraction of sp³-hybridized carbons (Fsp3) is 0.350. The van der Waals surface area contributed by atoms with E-state index < -0.39 is 0 Å². The molecule has 1 nitrogen and oxygen atoms in total. The van der Waals surface area contributed by atoms with Gasteiger partial charge in [-0.2, -0.15) is 0 Å². The molecule has 0 amide bonds. The van der Waals surface area contributed by atoms with Gasteiger partial charge in [0.25, 0.3) is 0 Å². The van der Waals surface area contributed by atoms with Crippen LogP contribution in [0.25, 0.3) is 0 Å². The van der Waals surface area contributed by atoms with Crippen LogP contribution in [0.1, 0.15) is 36.8 Å². The van der Waals surface area contributed by atoms with E-state index in [0.29, 0.717) is 6.04 Å². The Balaban J connectivity index is 1.65. The average molecular weight is 279 g/mol. The quantitative estimate of drug-likeness (QED) is 0.566. The van der Waals surface area contributed by atoms with E-state index in [1.165, 1.54) is 24.0 Å². The monoisotopic (exact) mass is 279 g/mol. The van der Waals surface area contributed by atoms with Gasteiger partial charge < -0.3 is 0 Å². The SMILES string of the molecule is C=NC(CCCc1ccccc1)CCCc1ccccc1. The Hall–Kier alpha value is -1.89. The lowest BCUT2D eigenvalue weighted by atomic mass is 9.99. The number of aryl methyl sites for hydroxylation is 2. The molecule has 0 heterocycles. The molecule has 2 rings (SSSR count). The minimum absolute atomic E-state index is 0.414. The molecule has 0 fully saturated rings. The van der Waals surface area contributed by atoms with Crippen LogP contribution >= 0.6 is 0 Å². The Morgan fingerprint density at radius 3 is 1.52 bits per heavy atom. The largest absolute Gasteiger partial charge is 0.298 e. The number of hydrogen-bond donors (Lipinski definition) is 0. The first-order valence-corrected chi connectivity index (χ1v) is 7.92. The van der Waals surface area contributed by atoms with Gasteiger partial charge in [0, 0.05) is 6.04 Å². The molecular weight excluding hydrogens is 254 g/mol. The molecule has 0 N–H and O–H groups in total. The molecule has 0 aliphatic carbocycles. The molecule has 0 saturated carbocycles. The Labute approximate surface area is 128 Å². The highest BCUT2D eigenvalue weighted by molar-refractivity contribution is 5.24. The molecule has 0 radical (unpaired) electrons. The second-order valence-electron chi connectivity index (χ2n) is 5.59. The first kappa shape index (κ1) is 15.5. The average Bonchev–Trinajstić information content (AvgIpc) is 2.55. The predicted molar refractivity (Wildman–Crippen MR) is 92.1 cm³/mol. The normalized spacial score (nSPS) is 10.7. The lowest BCUT2D eigenvalue weighted by molar-refractivity contribution is 0.532. The molecule has 0 atom stereocenters. The zero-order valence-electron chi connectivity index (χ0n) is 12.7. The Morgan fingerprint density at radius 2 is 1.14 bits per heavy atom. The van der Waals surface area contributed by atoms with E-state index >= 15 is 0 Å². The molecule has 1 heteroatoms. The number of rotatable bonds is 9. The molecular formula is C20H25N. The Bertz CT molecular complexity index is 458. The van der Waals surface area contributed by atoms with E-state index in [0.717, 1.165) is 25.7 Å². The zero-order chi connectivity index (χ0) is 14.8. The van der Waals surface area contributed by atoms with Crippen LogP contribution in [0.15, 0.2) is 65.7 Å². The van der Waals surface area contributed by atoms with Gasteiger partial charge in [0.15, 0.2) is 0 Å². The maximum absolute atomic E-state index is 4.30. The van der Waals surface area contributed by atoms with Gasteiger partial charge >= 0.3 is 0 Å². The van der Waals surface area contributed by atoms with E-state index in [-0.39, 0.29) is 0 Å². The van der Waals surface area contributed by atoms with E-state index in [2.05, 4.69) is 72.4 Å². The summed E-state index contributed by atoms with van der Waals surface area (Å²) in [7, 11) is 0. The highest BCUT2D eigenvalue weighted by Gasteiger charge is 2.05. The maximum atomic E-state index is 4.30. The summed E-state index contributed by atoms with van der Waals surface area (Å²) in [6.07, 6.45) is 6.97. The molecule has 0 unspecified atom stereocenters. The summed E-state index contributed by atoms with van der Waals surface area (Å²) in [5.74, 6) is 0. The van der Waals surface area contributed by atoms with Crippen molar-refractivity contribution in [3.8, 4) is 0 Å². The van der Waals surface area contributed by atoms with Crippen molar-refractivity contribution >= 4 is 6.72 Å². The third-order valence-corrected chi connectivity index (χ3v) is 3.95. The molecule has 0 bridgehead atoms.